The monoisotopic (exact) mass is 265 g/mol. The Morgan fingerprint density at radius 2 is 1.80 bits per heavy atom. The Bertz CT molecular complexity index is 760. The van der Waals surface area contributed by atoms with E-state index in [1.165, 1.54) is 0 Å². The molecule has 0 radical (unpaired) electrons. The van der Waals surface area contributed by atoms with Crippen LogP contribution in [0.2, 0.25) is 0 Å². The van der Waals surface area contributed by atoms with E-state index in [1.54, 1.807) is 18.5 Å². The lowest BCUT2D eigenvalue weighted by molar-refractivity contribution is 0.0941. The number of carbonyl (C=O) groups excluding carboxylic acids is 1. The van der Waals surface area contributed by atoms with Gasteiger partial charge in [0.1, 0.15) is 0 Å². The maximum absolute atomic E-state index is 12.3. The maximum atomic E-state index is 12.3. The van der Waals surface area contributed by atoms with E-state index < -0.39 is 0 Å². The number of nitrogens with zero attached hydrogens (tertiary/aromatic N) is 3. The van der Waals surface area contributed by atoms with Crippen molar-refractivity contribution in [3.63, 3.8) is 0 Å². The van der Waals surface area contributed by atoms with E-state index in [-0.39, 0.29) is 11.7 Å². The average Bonchev–Trinajstić information content (AvgIpc) is 2.87. The van der Waals surface area contributed by atoms with Gasteiger partial charge in [-0.15, -0.1) is 0 Å². The van der Waals surface area contributed by atoms with Crippen LogP contribution in [0.5, 0.6) is 0 Å². The fourth-order valence-corrected chi connectivity index (χ4v) is 2.27. The van der Waals surface area contributed by atoms with Crippen molar-refractivity contribution < 1.29 is 4.79 Å². The van der Waals surface area contributed by atoms with Crippen molar-refractivity contribution in [1.82, 2.24) is 14.5 Å². The molecule has 0 aliphatic rings. The number of hydrogen-bond acceptors (Lipinski definition) is 3. The fraction of sp³-hybridized carbons (Fsp3) is 0.188. The van der Waals surface area contributed by atoms with Crippen molar-refractivity contribution in [2.24, 2.45) is 5.92 Å². The summed E-state index contributed by atoms with van der Waals surface area (Å²) >= 11 is 0. The molecule has 0 saturated heterocycles. The van der Waals surface area contributed by atoms with Crippen molar-refractivity contribution in [2.75, 3.05) is 0 Å². The van der Waals surface area contributed by atoms with Gasteiger partial charge in [0, 0.05) is 35.5 Å². The lowest BCUT2D eigenvalue weighted by atomic mass is 10.0. The quantitative estimate of drug-likeness (QED) is 0.683. The van der Waals surface area contributed by atoms with E-state index in [0.717, 1.165) is 16.5 Å². The van der Waals surface area contributed by atoms with Crippen LogP contribution in [0.4, 0.5) is 0 Å². The lowest BCUT2D eigenvalue weighted by Crippen LogP contribution is -2.06. The van der Waals surface area contributed by atoms with Crippen LogP contribution in [0.1, 0.15) is 24.2 Å². The first-order chi connectivity index (χ1) is 9.68. The molecule has 4 nitrogen and oxygen atoms in total. The molecule has 3 aromatic rings. The Morgan fingerprint density at radius 1 is 1.10 bits per heavy atom. The van der Waals surface area contributed by atoms with Gasteiger partial charge in [0.2, 0.25) is 5.95 Å². The van der Waals surface area contributed by atoms with Crippen molar-refractivity contribution in [3.05, 3.63) is 54.5 Å². The van der Waals surface area contributed by atoms with Gasteiger partial charge in [-0.25, -0.2) is 9.97 Å². The van der Waals surface area contributed by atoms with Crippen molar-refractivity contribution in [2.45, 2.75) is 13.8 Å². The highest BCUT2D eigenvalue weighted by Crippen LogP contribution is 2.25. The van der Waals surface area contributed by atoms with Crippen LogP contribution in [-0.2, 0) is 0 Å². The summed E-state index contributed by atoms with van der Waals surface area (Å²) in [6, 6.07) is 9.60. The number of fused-ring (bicyclic) bond motifs is 1. The standard InChI is InChI=1S/C16H15N3O/c1-11(2)15(20)13-10-19(16-17-8-5-9-18-16)14-7-4-3-6-12(13)14/h3-11H,1-2H3. The molecular formula is C16H15N3O. The van der Waals surface area contributed by atoms with Gasteiger partial charge in [-0.1, -0.05) is 32.0 Å². The highest BCUT2D eigenvalue weighted by molar-refractivity contribution is 6.09. The molecular weight excluding hydrogens is 250 g/mol. The Hall–Kier alpha value is -2.49. The molecule has 0 unspecified atom stereocenters. The van der Waals surface area contributed by atoms with Crippen LogP contribution in [0, 0.1) is 5.92 Å². The minimum absolute atomic E-state index is 0.0362. The molecule has 0 bridgehead atoms. The van der Waals surface area contributed by atoms with Crippen LogP contribution >= 0.6 is 0 Å². The number of benzene rings is 1. The largest absolute Gasteiger partial charge is 0.294 e. The van der Waals surface area contributed by atoms with E-state index in [9.17, 15) is 4.79 Å². The topological polar surface area (TPSA) is 47.8 Å². The van der Waals surface area contributed by atoms with Crippen LogP contribution in [0.15, 0.2) is 48.9 Å². The van der Waals surface area contributed by atoms with Crippen LogP contribution < -0.4 is 0 Å². The molecule has 0 saturated carbocycles. The lowest BCUT2D eigenvalue weighted by Gasteiger charge is -2.01. The average molecular weight is 265 g/mol. The third-order valence-electron chi connectivity index (χ3n) is 3.27. The first kappa shape index (κ1) is 12.5. The van der Waals surface area contributed by atoms with E-state index >= 15 is 0 Å². The molecule has 4 heteroatoms. The van der Waals surface area contributed by atoms with Gasteiger partial charge in [-0.3, -0.25) is 9.36 Å². The second kappa shape index (κ2) is 4.89. The zero-order valence-corrected chi connectivity index (χ0v) is 11.4. The van der Waals surface area contributed by atoms with Crippen molar-refractivity contribution in [3.8, 4) is 5.95 Å². The molecule has 0 N–H and O–H groups in total. The minimum atomic E-state index is -0.0362. The zero-order valence-electron chi connectivity index (χ0n) is 11.4. The zero-order chi connectivity index (χ0) is 14.1. The molecule has 0 aliphatic heterocycles. The van der Waals surface area contributed by atoms with Gasteiger partial charge >= 0.3 is 0 Å². The van der Waals surface area contributed by atoms with Gasteiger partial charge in [0.05, 0.1) is 5.52 Å². The van der Waals surface area contributed by atoms with Crippen LogP contribution in [0.25, 0.3) is 16.9 Å². The summed E-state index contributed by atoms with van der Waals surface area (Å²) in [6.45, 7) is 3.82. The molecule has 2 heterocycles. The van der Waals surface area contributed by atoms with E-state index in [1.807, 2.05) is 48.9 Å². The number of hydrogen-bond donors (Lipinski definition) is 0. The molecule has 0 amide bonds. The molecule has 0 atom stereocenters. The number of carbonyl (C=O) groups is 1. The Labute approximate surface area is 117 Å². The van der Waals surface area contributed by atoms with Gasteiger partial charge in [-0.05, 0) is 12.1 Å². The number of Topliss-reactive ketones (excluding diaryl/α,β-unsaturated/α-hetero) is 1. The molecule has 100 valence electrons. The Morgan fingerprint density at radius 3 is 2.50 bits per heavy atom. The minimum Gasteiger partial charge on any atom is -0.294 e. The molecule has 20 heavy (non-hydrogen) atoms. The highest BCUT2D eigenvalue weighted by atomic mass is 16.1. The molecule has 2 aromatic heterocycles. The maximum Gasteiger partial charge on any atom is 0.234 e. The second-order valence-electron chi connectivity index (χ2n) is 5.00. The van der Waals surface area contributed by atoms with Gasteiger partial charge in [0.15, 0.2) is 5.78 Å². The van der Waals surface area contributed by atoms with Gasteiger partial charge in [-0.2, -0.15) is 0 Å². The summed E-state index contributed by atoms with van der Waals surface area (Å²) in [5, 5.41) is 0.943. The van der Waals surface area contributed by atoms with E-state index in [0.29, 0.717) is 5.95 Å². The summed E-state index contributed by atoms with van der Waals surface area (Å²) in [4.78, 5) is 20.9. The first-order valence-corrected chi connectivity index (χ1v) is 6.60. The predicted molar refractivity (Wildman–Crippen MR) is 78.0 cm³/mol. The molecule has 3 rings (SSSR count). The molecule has 0 aliphatic carbocycles. The van der Waals surface area contributed by atoms with Crippen LogP contribution in [-0.4, -0.2) is 20.3 Å². The summed E-state index contributed by atoms with van der Waals surface area (Å²) < 4.78 is 1.87. The third-order valence-corrected chi connectivity index (χ3v) is 3.27. The number of para-hydroxylation sites is 1. The summed E-state index contributed by atoms with van der Waals surface area (Å²) in [5.41, 5.74) is 1.67. The predicted octanol–water partition coefficient (Wildman–Crippen LogP) is 3.26. The van der Waals surface area contributed by atoms with Crippen LogP contribution in [0.3, 0.4) is 0 Å². The first-order valence-electron chi connectivity index (χ1n) is 6.60. The van der Waals surface area contributed by atoms with E-state index in [4.69, 9.17) is 0 Å². The highest BCUT2D eigenvalue weighted by Gasteiger charge is 2.18. The normalized spacial score (nSPS) is 11.2. The summed E-state index contributed by atoms with van der Waals surface area (Å²) in [5.74, 6) is 0.674. The Balaban J connectivity index is 2.27. The third kappa shape index (κ3) is 1.99. The van der Waals surface area contributed by atoms with Crippen molar-refractivity contribution >= 4 is 16.7 Å². The summed E-state index contributed by atoms with van der Waals surface area (Å²) in [6.07, 6.45) is 5.23. The molecule has 1 aromatic carbocycles. The van der Waals surface area contributed by atoms with Gasteiger partial charge in [0.25, 0.3) is 0 Å². The Kier molecular flexibility index (Phi) is 3.06. The smallest absolute Gasteiger partial charge is 0.234 e. The molecule has 0 fully saturated rings. The van der Waals surface area contributed by atoms with Crippen molar-refractivity contribution in [1.29, 1.82) is 0 Å². The number of aromatic nitrogens is 3. The molecule has 0 spiro atoms. The van der Waals surface area contributed by atoms with Gasteiger partial charge < -0.3 is 0 Å². The van der Waals surface area contributed by atoms with E-state index in [2.05, 4.69) is 9.97 Å². The summed E-state index contributed by atoms with van der Waals surface area (Å²) in [7, 11) is 0. The SMILES string of the molecule is CC(C)C(=O)c1cn(-c2ncccn2)c2ccccc12. The second-order valence-corrected chi connectivity index (χ2v) is 5.00. The fourth-order valence-electron chi connectivity index (χ4n) is 2.27. The number of ketones is 1. The number of rotatable bonds is 3.